The van der Waals surface area contributed by atoms with E-state index in [9.17, 15) is 14.7 Å². The summed E-state index contributed by atoms with van der Waals surface area (Å²) in [5.74, 6) is -0.651. The van der Waals surface area contributed by atoms with Crippen molar-refractivity contribution in [1.29, 1.82) is 0 Å². The van der Waals surface area contributed by atoms with Crippen LogP contribution in [-0.2, 0) is 24.4 Å². The molecule has 4 aromatic rings. The average Bonchev–Trinajstić information content (AvgIpc) is 3.04. The van der Waals surface area contributed by atoms with Crippen LogP contribution in [0, 0.1) is 12.8 Å². The summed E-state index contributed by atoms with van der Waals surface area (Å²) in [6.07, 6.45) is 2.42. The number of hydrogen-bond donors (Lipinski definition) is 3. The highest BCUT2D eigenvalue weighted by Crippen LogP contribution is 2.34. The number of nitrogens with zero attached hydrogens (tertiary/aromatic N) is 3. The van der Waals surface area contributed by atoms with Crippen molar-refractivity contribution in [2.24, 2.45) is 5.92 Å². The maximum Gasteiger partial charge on any atom is 0.322 e. The lowest BCUT2D eigenvalue weighted by Crippen LogP contribution is -2.34. The zero-order valence-electron chi connectivity index (χ0n) is 24.5. The van der Waals surface area contributed by atoms with E-state index in [0.29, 0.717) is 28.9 Å². The Morgan fingerprint density at radius 2 is 1.73 bits per heavy atom. The molecular formula is C34H35ClN4O5. The molecule has 44 heavy (non-hydrogen) atoms. The van der Waals surface area contributed by atoms with E-state index in [2.05, 4.69) is 26.3 Å². The number of aliphatic hydroxyl groups is 1. The molecule has 1 fully saturated rings. The summed E-state index contributed by atoms with van der Waals surface area (Å²) in [6.45, 7) is 3.17. The molecule has 1 aromatic heterocycles. The molecule has 10 heteroatoms. The van der Waals surface area contributed by atoms with Gasteiger partial charge >= 0.3 is 5.97 Å². The molecule has 2 heterocycles. The second-order valence-corrected chi connectivity index (χ2v) is 11.3. The standard InChI is InChI=1S/C34H35ClN4O5/c1-22-33(44-21-25-5-3-2-4-6-25)32(34(43)36-19-31(41)42)38-30(37-22)17-23-13-15-39(16-14-23)27-11-12-28(29(35)18-27)26-9-7-24(20-40)8-10-26/h2-12,18,23,40H,13-17,19-21H2,1H3,(H,36,43)(H,41,42). The second kappa shape index (κ2) is 14.3. The monoisotopic (exact) mass is 614 g/mol. The van der Waals surface area contributed by atoms with Gasteiger partial charge in [0.15, 0.2) is 11.4 Å². The summed E-state index contributed by atoms with van der Waals surface area (Å²) in [7, 11) is 0. The van der Waals surface area contributed by atoms with Crippen LogP contribution in [0.3, 0.4) is 0 Å². The van der Waals surface area contributed by atoms with Gasteiger partial charge in [-0.15, -0.1) is 0 Å². The molecule has 1 aliphatic heterocycles. The van der Waals surface area contributed by atoms with Crippen LogP contribution in [0.25, 0.3) is 11.1 Å². The molecule has 0 aliphatic carbocycles. The Bertz CT molecular complexity index is 1610. The van der Waals surface area contributed by atoms with Crippen molar-refractivity contribution in [3.63, 3.8) is 0 Å². The van der Waals surface area contributed by atoms with Gasteiger partial charge in [-0.2, -0.15) is 0 Å². The third-order valence-corrected chi connectivity index (χ3v) is 8.09. The molecule has 1 saturated heterocycles. The van der Waals surface area contributed by atoms with Gasteiger partial charge in [0.25, 0.3) is 5.91 Å². The molecule has 3 N–H and O–H groups in total. The Morgan fingerprint density at radius 3 is 2.39 bits per heavy atom. The van der Waals surface area contributed by atoms with Gasteiger partial charge in [0.05, 0.1) is 17.3 Å². The van der Waals surface area contributed by atoms with Crippen LogP contribution in [-0.4, -0.2) is 51.7 Å². The fraction of sp³-hybridized carbons (Fsp3) is 0.294. The minimum atomic E-state index is -1.14. The summed E-state index contributed by atoms with van der Waals surface area (Å²) >= 11 is 6.69. The number of carbonyl (C=O) groups is 2. The van der Waals surface area contributed by atoms with Gasteiger partial charge in [0.1, 0.15) is 19.0 Å². The smallest absolute Gasteiger partial charge is 0.322 e. The highest BCUT2D eigenvalue weighted by Gasteiger charge is 2.25. The third-order valence-electron chi connectivity index (χ3n) is 7.77. The Kier molecular flexibility index (Phi) is 10.1. The molecule has 9 nitrogen and oxygen atoms in total. The molecule has 0 atom stereocenters. The fourth-order valence-corrected chi connectivity index (χ4v) is 5.67. The zero-order chi connectivity index (χ0) is 31.1. The number of aromatic nitrogens is 2. The molecule has 0 spiro atoms. The number of halogens is 1. The number of aryl methyl sites for hydroxylation is 1. The lowest BCUT2D eigenvalue weighted by atomic mass is 9.92. The summed E-state index contributed by atoms with van der Waals surface area (Å²) < 4.78 is 5.99. The first-order valence-electron chi connectivity index (χ1n) is 14.6. The van der Waals surface area contributed by atoms with E-state index < -0.39 is 18.4 Å². The highest BCUT2D eigenvalue weighted by atomic mass is 35.5. The molecule has 5 rings (SSSR count). The van der Waals surface area contributed by atoms with Crippen LogP contribution in [0.15, 0.2) is 72.8 Å². The Balaban J connectivity index is 1.25. The van der Waals surface area contributed by atoms with Gasteiger partial charge in [-0.25, -0.2) is 9.97 Å². The number of amides is 1. The Hall–Kier alpha value is -4.47. The van der Waals surface area contributed by atoms with E-state index in [4.69, 9.17) is 21.4 Å². The fourth-order valence-electron chi connectivity index (χ4n) is 5.39. The topological polar surface area (TPSA) is 125 Å². The van der Waals surface area contributed by atoms with E-state index >= 15 is 0 Å². The van der Waals surface area contributed by atoms with Crippen molar-refractivity contribution in [2.75, 3.05) is 24.5 Å². The summed E-state index contributed by atoms with van der Waals surface area (Å²) in [5, 5.41) is 21.4. The number of piperidine rings is 1. The first-order valence-corrected chi connectivity index (χ1v) is 15.0. The number of anilines is 1. The number of aliphatic carboxylic acids is 1. The number of carboxylic acid groups (broad SMARTS) is 1. The van der Waals surface area contributed by atoms with E-state index in [0.717, 1.165) is 53.9 Å². The van der Waals surface area contributed by atoms with Crippen molar-refractivity contribution < 1.29 is 24.5 Å². The van der Waals surface area contributed by atoms with Crippen LogP contribution in [0.4, 0.5) is 5.69 Å². The molecule has 0 radical (unpaired) electrons. The van der Waals surface area contributed by atoms with E-state index in [1.807, 2.05) is 66.7 Å². The quantitative estimate of drug-likeness (QED) is 0.204. The van der Waals surface area contributed by atoms with Crippen molar-refractivity contribution in [3.05, 3.63) is 106 Å². The van der Waals surface area contributed by atoms with Crippen molar-refractivity contribution in [3.8, 4) is 16.9 Å². The van der Waals surface area contributed by atoms with Crippen molar-refractivity contribution >= 4 is 29.2 Å². The number of hydrogen-bond acceptors (Lipinski definition) is 7. The number of carboxylic acids is 1. The first kappa shape index (κ1) is 31.0. The SMILES string of the molecule is Cc1nc(CC2CCN(c3ccc(-c4ccc(CO)cc4)c(Cl)c3)CC2)nc(C(=O)NCC(=O)O)c1OCc1ccccc1. The van der Waals surface area contributed by atoms with E-state index in [1.54, 1.807) is 6.92 Å². The highest BCUT2D eigenvalue weighted by molar-refractivity contribution is 6.33. The number of rotatable bonds is 11. The molecule has 0 unspecified atom stereocenters. The number of ether oxygens (including phenoxy) is 1. The van der Waals surface area contributed by atoms with E-state index in [-0.39, 0.29) is 24.7 Å². The second-order valence-electron chi connectivity index (χ2n) is 10.9. The Labute approximate surface area is 261 Å². The number of benzene rings is 3. The summed E-state index contributed by atoms with van der Waals surface area (Å²) in [5.41, 5.74) is 5.37. The van der Waals surface area contributed by atoms with Gasteiger partial charge in [0, 0.05) is 30.8 Å². The molecule has 3 aromatic carbocycles. The Morgan fingerprint density at radius 1 is 1.00 bits per heavy atom. The van der Waals surface area contributed by atoms with Gasteiger partial charge in [-0.3, -0.25) is 9.59 Å². The molecule has 0 bridgehead atoms. The van der Waals surface area contributed by atoms with Gasteiger partial charge in [-0.05, 0) is 54.5 Å². The van der Waals surface area contributed by atoms with Crippen molar-refractivity contribution in [1.82, 2.24) is 15.3 Å². The van der Waals surface area contributed by atoms with Gasteiger partial charge in [-0.1, -0.05) is 72.3 Å². The molecule has 228 valence electrons. The van der Waals surface area contributed by atoms with Crippen LogP contribution in [0.5, 0.6) is 5.75 Å². The van der Waals surface area contributed by atoms with Crippen molar-refractivity contribution in [2.45, 2.75) is 39.4 Å². The largest absolute Gasteiger partial charge is 0.485 e. The number of carbonyl (C=O) groups excluding carboxylic acids is 1. The predicted molar refractivity (Wildman–Crippen MR) is 169 cm³/mol. The molecule has 1 aliphatic rings. The van der Waals surface area contributed by atoms with Crippen LogP contribution in [0.2, 0.25) is 5.02 Å². The lowest BCUT2D eigenvalue weighted by molar-refractivity contribution is -0.135. The van der Waals surface area contributed by atoms with Gasteiger partial charge < -0.3 is 25.2 Å². The molecular weight excluding hydrogens is 580 g/mol. The third kappa shape index (κ3) is 7.72. The maximum absolute atomic E-state index is 13.0. The van der Waals surface area contributed by atoms with Crippen LogP contribution < -0.4 is 15.0 Å². The minimum Gasteiger partial charge on any atom is -0.485 e. The first-order chi connectivity index (χ1) is 21.3. The average molecular weight is 615 g/mol. The molecule has 1 amide bonds. The maximum atomic E-state index is 13.0. The summed E-state index contributed by atoms with van der Waals surface area (Å²) in [4.78, 5) is 35.6. The van der Waals surface area contributed by atoms with E-state index in [1.165, 1.54) is 0 Å². The number of aliphatic hydroxyl groups excluding tert-OH is 1. The van der Waals surface area contributed by atoms with Crippen LogP contribution >= 0.6 is 11.6 Å². The predicted octanol–water partition coefficient (Wildman–Crippen LogP) is 5.45. The zero-order valence-corrected chi connectivity index (χ0v) is 25.3. The molecule has 0 saturated carbocycles. The lowest BCUT2D eigenvalue weighted by Gasteiger charge is -2.33. The van der Waals surface area contributed by atoms with Crippen LogP contribution in [0.1, 0.15) is 46.0 Å². The minimum absolute atomic E-state index is 0.00635. The summed E-state index contributed by atoms with van der Waals surface area (Å²) in [6, 6.07) is 23.4. The number of nitrogens with one attached hydrogen (secondary N) is 1. The van der Waals surface area contributed by atoms with Gasteiger partial charge in [0.2, 0.25) is 0 Å². The normalized spacial score (nSPS) is 13.5.